The highest BCUT2D eigenvalue weighted by atomic mass is 16.1. The van der Waals surface area contributed by atoms with Gasteiger partial charge in [-0.05, 0) is 30.5 Å². The lowest BCUT2D eigenvalue weighted by Gasteiger charge is -2.41. The predicted octanol–water partition coefficient (Wildman–Crippen LogP) is 2.03. The highest BCUT2D eigenvalue weighted by Gasteiger charge is 2.37. The van der Waals surface area contributed by atoms with Crippen molar-refractivity contribution in [3.05, 3.63) is 29.8 Å². The zero-order valence-electron chi connectivity index (χ0n) is 9.62. The Morgan fingerprint density at radius 2 is 2.25 bits per heavy atom. The van der Waals surface area contributed by atoms with E-state index in [-0.39, 0.29) is 11.3 Å². The second-order valence-electron chi connectivity index (χ2n) is 4.60. The van der Waals surface area contributed by atoms with E-state index in [1.54, 1.807) is 0 Å². The second kappa shape index (κ2) is 4.26. The molecule has 2 rings (SSSR count). The Bertz CT molecular complexity index is 391. The molecular weight excluding hydrogens is 200 g/mol. The van der Waals surface area contributed by atoms with Crippen LogP contribution in [0.1, 0.15) is 31.7 Å². The van der Waals surface area contributed by atoms with Gasteiger partial charge in [0.25, 0.3) is 0 Å². The van der Waals surface area contributed by atoms with Crippen molar-refractivity contribution < 1.29 is 4.79 Å². The summed E-state index contributed by atoms with van der Waals surface area (Å²) in [6.07, 6.45) is 3.57. The molecule has 0 radical (unpaired) electrons. The predicted molar refractivity (Wildman–Crippen MR) is 65.3 cm³/mol. The quantitative estimate of drug-likeness (QED) is 0.815. The molecule has 0 unspecified atom stereocenters. The molecule has 0 saturated heterocycles. The number of carbonyl (C=O) groups excluding carboxylic acids is 1. The van der Waals surface area contributed by atoms with Crippen LogP contribution in [0.5, 0.6) is 0 Å². The van der Waals surface area contributed by atoms with Crippen LogP contribution < -0.4 is 11.1 Å². The van der Waals surface area contributed by atoms with Gasteiger partial charge in [0.1, 0.15) is 0 Å². The summed E-state index contributed by atoms with van der Waals surface area (Å²) < 4.78 is 0. The van der Waals surface area contributed by atoms with Crippen LogP contribution in [0.15, 0.2) is 24.3 Å². The van der Waals surface area contributed by atoms with Gasteiger partial charge in [0.05, 0.1) is 0 Å². The molecule has 0 aliphatic heterocycles. The summed E-state index contributed by atoms with van der Waals surface area (Å²) in [4.78, 5) is 11.0. The van der Waals surface area contributed by atoms with Crippen LogP contribution in [0.25, 0.3) is 0 Å². The molecule has 1 aromatic rings. The van der Waals surface area contributed by atoms with Crippen LogP contribution in [0.4, 0.5) is 5.69 Å². The van der Waals surface area contributed by atoms with Gasteiger partial charge in [-0.15, -0.1) is 0 Å². The smallest absolute Gasteiger partial charge is 0.221 e. The fourth-order valence-electron chi connectivity index (χ4n) is 2.34. The van der Waals surface area contributed by atoms with Gasteiger partial charge in [0, 0.05) is 24.6 Å². The summed E-state index contributed by atoms with van der Waals surface area (Å²) in [5.74, 6) is -0.0347. The number of benzene rings is 1. The molecule has 1 fully saturated rings. The largest absolute Gasteiger partial charge is 0.330 e. The minimum Gasteiger partial charge on any atom is -0.330 e. The van der Waals surface area contributed by atoms with E-state index in [9.17, 15) is 4.79 Å². The average molecular weight is 218 g/mol. The van der Waals surface area contributed by atoms with E-state index in [4.69, 9.17) is 5.73 Å². The first-order valence-electron chi connectivity index (χ1n) is 5.74. The van der Waals surface area contributed by atoms with Crippen LogP contribution in [0.2, 0.25) is 0 Å². The van der Waals surface area contributed by atoms with Crippen molar-refractivity contribution in [1.29, 1.82) is 0 Å². The highest BCUT2D eigenvalue weighted by molar-refractivity contribution is 5.88. The Hall–Kier alpha value is -1.35. The van der Waals surface area contributed by atoms with Gasteiger partial charge < -0.3 is 11.1 Å². The van der Waals surface area contributed by atoms with Gasteiger partial charge in [-0.2, -0.15) is 0 Å². The zero-order chi connectivity index (χ0) is 11.6. The number of hydrogen-bond donors (Lipinski definition) is 2. The first kappa shape index (κ1) is 11.1. The van der Waals surface area contributed by atoms with Crippen molar-refractivity contribution in [2.45, 2.75) is 31.6 Å². The Kier molecular flexibility index (Phi) is 2.97. The number of nitrogens with two attached hydrogens (primary N) is 1. The molecular formula is C13H18N2O. The number of carbonyl (C=O) groups is 1. The molecule has 1 aliphatic rings. The number of rotatable bonds is 3. The molecule has 1 amide bonds. The van der Waals surface area contributed by atoms with Gasteiger partial charge in [0.15, 0.2) is 0 Å². The zero-order valence-corrected chi connectivity index (χ0v) is 9.62. The third-order valence-corrected chi connectivity index (χ3v) is 3.50. The topological polar surface area (TPSA) is 55.1 Å². The maximum Gasteiger partial charge on any atom is 0.221 e. The van der Waals surface area contributed by atoms with Crippen molar-refractivity contribution in [1.82, 2.24) is 0 Å². The van der Waals surface area contributed by atoms with E-state index in [0.29, 0.717) is 6.54 Å². The van der Waals surface area contributed by atoms with Gasteiger partial charge >= 0.3 is 0 Å². The number of anilines is 1. The number of hydrogen-bond acceptors (Lipinski definition) is 2. The molecule has 3 nitrogen and oxygen atoms in total. The van der Waals surface area contributed by atoms with Crippen LogP contribution >= 0.6 is 0 Å². The van der Waals surface area contributed by atoms with Gasteiger partial charge in [-0.3, -0.25) is 4.79 Å². The van der Waals surface area contributed by atoms with Crippen LogP contribution in [0, 0.1) is 0 Å². The number of nitrogens with one attached hydrogen (secondary N) is 1. The van der Waals surface area contributed by atoms with Crippen LogP contribution in [-0.2, 0) is 10.2 Å². The lowest BCUT2D eigenvalue weighted by Crippen LogP contribution is -2.41. The minimum atomic E-state index is -0.0347. The maximum absolute atomic E-state index is 11.0. The number of amides is 1. The van der Waals surface area contributed by atoms with E-state index >= 15 is 0 Å². The van der Waals surface area contributed by atoms with Crippen molar-refractivity contribution >= 4 is 11.6 Å². The molecule has 0 heterocycles. The summed E-state index contributed by atoms with van der Waals surface area (Å²) in [6, 6.07) is 8.05. The van der Waals surface area contributed by atoms with Crippen molar-refractivity contribution in [3.63, 3.8) is 0 Å². The molecule has 3 heteroatoms. The molecule has 1 aliphatic carbocycles. The van der Waals surface area contributed by atoms with Gasteiger partial charge in [-0.25, -0.2) is 0 Å². The molecule has 86 valence electrons. The lowest BCUT2D eigenvalue weighted by atomic mass is 9.64. The SMILES string of the molecule is CC(=O)Nc1cccc(C2(CN)CCC2)c1. The third kappa shape index (κ3) is 1.95. The Morgan fingerprint density at radius 1 is 1.50 bits per heavy atom. The standard InChI is InChI=1S/C13H18N2O/c1-10(16)15-12-5-2-4-11(8-12)13(9-14)6-3-7-13/h2,4-5,8H,3,6-7,9,14H2,1H3,(H,15,16). The van der Waals surface area contributed by atoms with Crippen LogP contribution in [0.3, 0.4) is 0 Å². The van der Waals surface area contributed by atoms with Gasteiger partial charge in [-0.1, -0.05) is 18.6 Å². The minimum absolute atomic E-state index is 0.0347. The van der Waals surface area contributed by atoms with E-state index in [1.165, 1.54) is 18.9 Å². The Balaban J connectivity index is 2.24. The summed E-state index contributed by atoms with van der Waals surface area (Å²) in [5, 5.41) is 2.81. The lowest BCUT2D eigenvalue weighted by molar-refractivity contribution is -0.114. The van der Waals surface area contributed by atoms with E-state index < -0.39 is 0 Å². The Morgan fingerprint density at radius 3 is 2.75 bits per heavy atom. The fourth-order valence-corrected chi connectivity index (χ4v) is 2.34. The monoisotopic (exact) mass is 218 g/mol. The molecule has 0 aromatic heterocycles. The van der Waals surface area contributed by atoms with E-state index in [0.717, 1.165) is 18.5 Å². The normalized spacial score (nSPS) is 17.6. The molecule has 1 saturated carbocycles. The maximum atomic E-state index is 11.0. The summed E-state index contributed by atoms with van der Waals surface area (Å²) in [7, 11) is 0. The molecule has 1 aromatic carbocycles. The first-order valence-corrected chi connectivity index (χ1v) is 5.74. The first-order chi connectivity index (χ1) is 7.66. The van der Waals surface area contributed by atoms with E-state index in [2.05, 4.69) is 11.4 Å². The summed E-state index contributed by atoms with van der Waals surface area (Å²) >= 11 is 0. The molecule has 0 atom stereocenters. The second-order valence-corrected chi connectivity index (χ2v) is 4.60. The third-order valence-electron chi connectivity index (χ3n) is 3.50. The molecule has 0 bridgehead atoms. The Labute approximate surface area is 96.0 Å². The van der Waals surface area contributed by atoms with E-state index in [1.807, 2.05) is 18.2 Å². The van der Waals surface area contributed by atoms with Crippen molar-refractivity contribution in [2.75, 3.05) is 11.9 Å². The summed E-state index contributed by atoms with van der Waals surface area (Å²) in [6.45, 7) is 2.21. The fraction of sp³-hybridized carbons (Fsp3) is 0.462. The molecule has 16 heavy (non-hydrogen) atoms. The average Bonchev–Trinajstić information content (AvgIpc) is 2.16. The van der Waals surface area contributed by atoms with Crippen molar-refractivity contribution in [2.24, 2.45) is 5.73 Å². The summed E-state index contributed by atoms with van der Waals surface area (Å²) in [5.41, 5.74) is 8.15. The molecule has 0 spiro atoms. The van der Waals surface area contributed by atoms with Crippen LogP contribution in [-0.4, -0.2) is 12.5 Å². The van der Waals surface area contributed by atoms with Crippen molar-refractivity contribution in [3.8, 4) is 0 Å². The molecule has 3 N–H and O–H groups in total. The van der Waals surface area contributed by atoms with Gasteiger partial charge in [0.2, 0.25) is 5.91 Å². The highest BCUT2D eigenvalue weighted by Crippen LogP contribution is 2.43.